The topological polar surface area (TPSA) is 76.0 Å². The van der Waals surface area contributed by atoms with Crippen LogP contribution in [0.5, 0.6) is 23.0 Å². The molecular formula is C20H22O5. The standard InChI is InChI=1S/C20H22O5/c1-10-11(2)20(23)14-8-16(22)18(25-4)9-13(14)19(10)12-5-6-15(21)17(7-12)24-3/h5-11,19,21-22H,1-4H3/t10-,11-,19-/m1/s1. The molecule has 0 heterocycles. The summed E-state index contributed by atoms with van der Waals surface area (Å²) in [5.74, 6) is 0.550. The molecule has 132 valence electrons. The third-order valence-corrected chi connectivity index (χ3v) is 5.24. The van der Waals surface area contributed by atoms with Gasteiger partial charge in [0.05, 0.1) is 14.2 Å². The number of phenolic OH excluding ortho intramolecular Hbond substituents is 2. The fraction of sp³-hybridized carbons (Fsp3) is 0.350. The lowest BCUT2D eigenvalue weighted by atomic mass is 9.67. The van der Waals surface area contributed by atoms with E-state index in [2.05, 4.69) is 0 Å². The van der Waals surface area contributed by atoms with Crippen molar-refractivity contribution in [1.29, 1.82) is 0 Å². The minimum atomic E-state index is -0.190. The van der Waals surface area contributed by atoms with E-state index in [-0.39, 0.29) is 35.0 Å². The summed E-state index contributed by atoms with van der Waals surface area (Å²) in [6.45, 7) is 3.94. The van der Waals surface area contributed by atoms with Crippen molar-refractivity contribution in [1.82, 2.24) is 0 Å². The summed E-state index contributed by atoms with van der Waals surface area (Å²) in [5, 5.41) is 20.0. The molecule has 5 heteroatoms. The summed E-state index contributed by atoms with van der Waals surface area (Å²) in [4.78, 5) is 12.7. The second-order valence-corrected chi connectivity index (χ2v) is 6.53. The zero-order valence-electron chi connectivity index (χ0n) is 14.7. The van der Waals surface area contributed by atoms with Gasteiger partial charge in [-0.2, -0.15) is 0 Å². The molecule has 0 bridgehead atoms. The maximum Gasteiger partial charge on any atom is 0.166 e. The van der Waals surface area contributed by atoms with Crippen LogP contribution in [0.2, 0.25) is 0 Å². The van der Waals surface area contributed by atoms with Crippen molar-refractivity contribution in [2.24, 2.45) is 11.8 Å². The van der Waals surface area contributed by atoms with Gasteiger partial charge < -0.3 is 19.7 Å². The largest absolute Gasteiger partial charge is 0.504 e. The predicted molar refractivity (Wildman–Crippen MR) is 93.8 cm³/mol. The molecule has 5 nitrogen and oxygen atoms in total. The first-order chi connectivity index (χ1) is 11.9. The molecule has 0 unspecified atom stereocenters. The van der Waals surface area contributed by atoms with E-state index in [0.29, 0.717) is 17.1 Å². The van der Waals surface area contributed by atoms with Gasteiger partial charge in [0.2, 0.25) is 0 Å². The van der Waals surface area contributed by atoms with E-state index in [0.717, 1.165) is 11.1 Å². The Morgan fingerprint density at radius 3 is 2.20 bits per heavy atom. The van der Waals surface area contributed by atoms with Crippen molar-refractivity contribution < 1.29 is 24.5 Å². The normalized spacial score (nSPS) is 22.4. The predicted octanol–water partition coefficient (Wildman–Crippen LogP) is 3.72. The van der Waals surface area contributed by atoms with Crippen LogP contribution in [0.25, 0.3) is 0 Å². The number of hydrogen-bond donors (Lipinski definition) is 2. The number of rotatable bonds is 3. The van der Waals surface area contributed by atoms with Gasteiger partial charge >= 0.3 is 0 Å². The van der Waals surface area contributed by atoms with Crippen molar-refractivity contribution in [3.05, 3.63) is 47.0 Å². The van der Waals surface area contributed by atoms with E-state index in [1.54, 1.807) is 18.2 Å². The number of carbonyl (C=O) groups excluding carboxylic acids is 1. The first-order valence-electron chi connectivity index (χ1n) is 8.21. The molecule has 0 saturated carbocycles. The summed E-state index contributed by atoms with van der Waals surface area (Å²) in [6, 6.07) is 8.45. The van der Waals surface area contributed by atoms with Crippen LogP contribution in [0.3, 0.4) is 0 Å². The average Bonchev–Trinajstić information content (AvgIpc) is 2.61. The third kappa shape index (κ3) is 2.69. The number of carbonyl (C=O) groups is 1. The Labute approximate surface area is 146 Å². The Bertz CT molecular complexity index is 827. The van der Waals surface area contributed by atoms with Gasteiger partial charge in [0.25, 0.3) is 0 Å². The average molecular weight is 342 g/mol. The molecule has 0 fully saturated rings. The number of ketones is 1. The zero-order chi connectivity index (χ0) is 18.3. The Morgan fingerprint density at radius 1 is 0.920 bits per heavy atom. The lowest BCUT2D eigenvalue weighted by molar-refractivity contribution is 0.0865. The first kappa shape index (κ1) is 17.1. The van der Waals surface area contributed by atoms with Crippen molar-refractivity contribution >= 4 is 5.78 Å². The van der Waals surface area contributed by atoms with Gasteiger partial charge in [0, 0.05) is 17.4 Å². The number of phenols is 2. The first-order valence-corrected chi connectivity index (χ1v) is 8.21. The third-order valence-electron chi connectivity index (χ3n) is 5.24. The highest BCUT2D eigenvalue weighted by atomic mass is 16.5. The van der Waals surface area contributed by atoms with E-state index in [1.807, 2.05) is 19.9 Å². The maximum absolute atomic E-state index is 12.7. The summed E-state index contributed by atoms with van der Waals surface area (Å²) < 4.78 is 10.5. The van der Waals surface area contributed by atoms with Crippen LogP contribution in [0.4, 0.5) is 0 Å². The van der Waals surface area contributed by atoms with Gasteiger partial charge in [0.15, 0.2) is 28.8 Å². The van der Waals surface area contributed by atoms with Crippen LogP contribution in [0.1, 0.15) is 41.3 Å². The molecule has 25 heavy (non-hydrogen) atoms. The molecule has 2 aromatic carbocycles. The Hall–Kier alpha value is -2.69. The minimum absolute atomic E-state index is 0.0162. The van der Waals surface area contributed by atoms with Crippen molar-refractivity contribution in [3.63, 3.8) is 0 Å². The number of benzene rings is 2. The fourth-order valence-corrected chi connectivity index (χ4v) is 3.65. The number of ether oxygens (including phenoxy) is 2. The molecule has 1 aliphatic carbocycles. The second-order valence-electron chi connectivity index (χ2n) is 6.53. The van der Waals surface area contributed by atoms with E-state index in [9.17, 15) is 15.0 Å². The van der Waals surface area contributed by atoms with Gasteiger partial charge in [-0.25, -0.2) is 0 Å². The van der Waals surface area contributed by atoms with E-state index in [4.69, 9.17) is 9.47 Å². The van der Waals surface area contributed by atoms with Gasteiger partial charge in [-0.3, -0.25) is 4.79 Å². The van der Waals surface area contributed by atoms with Gasteiger partial charge in [0.1, 0.15) is 0 Å². The zero-order valence-corrected chi connectivity index (χ0v) is 14.7. The lowest BCUT2D eigenvalue weighted by Crippen LogP contribution is -2.32. The molecule has 1 aliphatic rings. The van der Waals surface area contributed by atoms with Crippen molar-refractivity contribution in [2.75, 3.05) is 14.2 Å². The fourth-order valence-electron chi connectivity index (χ4n) is 3.65. The Balaban J connectivity index is 2.23. The molecule has 0 aromatic heterocycles. The highest BCUT2D eigenvalue weighted by molar-refractivity contribution is 6.01. The van der Waals surface area contributed by atoms with Crippen LogP contribution in [-0.2, 0) is 0 Å². The van der Waals surface area contributed by atoms with Crippen LogP contribution in [0.15, 0.2) is 30.3 Å². The number of Topliss-reactive ketones (excluding diaryl/α,β-unsaturated/α-hetero) is 1. The summed E-state index contributed by atoms with van der Waals surface area (Å²) in [5.41, 5.74) is 2.27. The van der Waals surface area contributed by atoms with E-state index < -0.39 is 0 Å². The van der Waals surface area contributed by atoms with Crippen LogP contribution in [0, 0.1) is 11.8 Å². The molecule has 0 saturated heterocycles. The highest BCUT2D eigenvalue weighted by Gasteiger charge is 2.39. The number of fused-ring (bicyclic) bond motifs is 1. The molecule has 0 aliphatic heterocycles. The molecule has 3 atom stereocenters. The smallest absolute Gasteiger partial charge is 0.166 e. The van der Waals surface area contributed by atoms with Gasteiger partial charge in [-0.05, 0) is 41.3 Å². The van der Waals surface area contributed by atoms with E-state index >= 15 is 0 Å². The number of aromatic hydroxyl groups is 2. The van der Waals surface area contributed by atoms with Crippen LogP contribution in [-0.4, -0.2) is 30.2 Å². The number of methoxy groups -OCH3 is 2. The minimum Gasteiger partial charge on any atom is -0.504 e. The monoisotopic (exact) mass is 342 g/mol. The quantitative estimate of drug-likeness (QED) is 0.889. The molecule has 0 amide bonds. The van der Waals surface area contributed by atoms with Crippen molar-refractivity contribution in [3.8, 4) is 23.0 Å². The SMILES string of the molecule is COc1cc([C@@H]2c3cc(OC)c(O)cc3C(=O)[C@H](C)[C@H]2C)ccc1O. The molecule has 2 aromatic rings. The van der Waals surface area contributed by atoms with Crippen LogP contribution < -0.4 is 9.47 Å². The Morgan fingerprint density at radius 2 is 1.56 bits per heavy atom. The molecule has 3 rings (SSSR count). The molecule has 0 radical (unpaired) electrons. The summed E-state index contributed by atoms with van der Waals surface area (Å²) in [7, 11) is 2.99. The maximum atomic E-state index is 12.7. The van der Waals surface area contributed by atoms with Gasteiger partial charge in [-0.1, -0.05) is 19.9 Å². The molecular weight excluding hydrogens is 320 g/mol. The van der Waals surface area contributed by atoms with Crippen LogP contribution >= 0.6 is 0 Å². The summed E-state index contributed by atoms with van der Waals surface area (Å²) >= 11 is 0. The summed E-state index contributed by atoms with van der Waals surface area (Å²) in [6.07, 6.45) is 0. The second kappa shape index (κ2) is 6.31. The highest BCUT2D eigenvalue weighted by Crippen LogP contribution is 2.47. The number of hydrogen-bond acceptors (Lipinski definition) is 5. The van der Waals surface area contributed by atoms with Crippen molar-refractivity contribution in [2.45, 2.75) is 19.8 Å². The van der Waals surface area contributed by atoms with Gasteiger partial charge in [-0.15, -0.1) is 0 Å². The Kier molecular flexibility index (Phi) is 4.33. The van der Waals surface area contributed by atoms with E-state index in [1.165, 1.54) is 20.3 Å². The molecule has 2 N–H and O–H groups in total. The lowest BCUT2D eigenvalue weighted by Gasteiger charge is -2.36. The molecule has 0 spiro atoms.